The van der Waals surface area contributed by atoms with Gasteiger partial charge in [0.2, 0.25) is 5.91 Å². The number of amides is 1. The molecule has 2 N–H and O–H groups in total. The number of benzene rings is 1. The molecule has 1 saturated carbocycles. The third-order valence-corrected chi connectivity index (χ3v) is 6.71. The average Bonchev–Trinajstić information content (AvgIpc) is 3.38. The average molecular weight is 559 g/mol. The molecule has 0 bridgehead atoms. The number of halogens is 5. The van der Waals surface area contributed by atoms with Gasteiger partial charge in [0.1, 0.15) is 41.5 Å². The topological polar surface area (TPSA) is 85.4 Å². The summed E-state index contributed by atoms with van der Waals surface area (Å²) in [4.78, 5) is 20.7. The molecule has 2 aromatic rings. The minimum Gasteiger partial charge on any atom is -0.455 e. The third kappa shape index (κ3) is 5.21. The van der Waals surface area contributed by atoms with E-state index < -0.39 is 53.1 Å². The van der Waals surface area contributed by atoms with E-state index in [1.54, 1.807) is 13.8 Å². The third-order valence-electron chi connectivity index (χ3n) is 5.86. The molecule has 188 valence electrons. The Morgan fingerprint density at radius 1 is 1.23 bits per heavy atom. The minimum absolute atomic E-state index is 0.00436. The van der Waals surface area contributed by atoms with Gasteiger partial charge < -0.3 is 20.1 Å². The van der Waals surface area contributed by atoms with Gasteiger partial charge in [0, 0.05) is 5.56 Å². The number of rotatable bonds is 9. The van der Waals surface area contributed by atoms with Gasteiger partial charge in [-0.15, -0.1) is 0 Å². The van der Waals surface area contributed by atoms with Crippen molar-refractivity contribution in [2.45, 2.75) is 55.8 Å². The number of carbonyl (C=O) groups is 1. The number of aromatic nitrogens is 2. The molecule has 1 aliphatic carbocycles. The number of hydrogen-bond acceptors (Lipinski definition) is 6. The first-order valence-electron chi connectivity index (χ1n) is 10.8. The Labute approximate surface area is 207 Å². The smallest absolute Gasteiger partial charge is 0.271 e. The van der Waals surface area contributed by atoms with Gasteiger partial charge in [-0.2, -0.15) is 0 Å². The fourth-order valence-electron chi connectivity index (χ4n) is 3.76. The number of anilines is 1. The lowest BCUT2D eigenvalue weighted by molar-refractivity contribution is -0.121. The molecule has 2 atom stereocenters. The zero-order chi connectivity index (χ0) is 25.3. The Hall–Kier alpha value is -2.89. The SMILES string of the molecule is Cc1nc(N[C@H](C)c2cccc(C(F)F)c2F)c(C2OC=CO2)c(C(Br)C(=O)NC2(CF)CC2)n1. The van der Waals surface area contributed by atoms with E-state index >= 15 is 0 Å². The van der Waals surface area contributed by atoms with E-state index in [2.05, 4.69) is 36.5 Å². The normalized spacial score (nSPS) is 18.1. The number of alkyl halides is 4. The summed E-state index contributed by atoms with van der Waals surface area (Å²) < 4.78 is 65.5. The van der Waals surface area contributed by atoms with Crippen LogP contribution in [0.4, 0.5) is 23.4 Å². The van der Waals surface area contributed by atoms with Crippen molar-refractivity contribution in [2.75, 3.05) is 12.0 Å². The van der Waals surface area contributed by atoms with Gasteiger partial charge in [-0.1, -0.05) is 34.1 Å². The van der Waals surface area contributed by atoms with Crippen LogP contribution in [0.1, 0.15) is 71.6 Å². The zero-order valence-corrected chi connectivity index (χ0v) is 20.4. The first-order valence-corrected chi connectivity index (χ1v) is 11.8. The molecule has 4 rings (SSSR count). The molecule has 0 spiro atoms. The fraction of sp³-hybridized carbons (Fsp3) is 0.435. The number of ether oxygens (including phenoxy) is 2. The first kappa shape index (κ1) is 25.2. The second-order valence-corrected chi connectivity index (χ2v) is 9.39. The van der Waals surface area contributed by atoms with Crippen LogP contribution in [0.3, 0.4) is 0 Å². The summed E-state index contributed by atoms with van der Waals surface area (Å²) in [6.45, 7) is 2.50. The van der Waals surface area contributed by atoms with Crippen LogP contribution < -0.4 is 10.6 Å². The number of aryl methyl sites for hydroxylation is 1. The largest absolute Gasteiger partial charge is 0.455 e. The molecule has 1 aliphatic heterocycles. The number of hydrogen-bond donors (Lipinski definition) is 2. The van der Waals surface area contributed by atoms with Gasteiger partial charge >= 0.3 is 0 Å². The monoisotopic (exact) mass is 558 g/mol. The van der Waals surface area contributed by atoms with Gasteiger partial charge in [-0.05, 0) is 26.7 Å². The van der Waals surface area contributed by atoms with Crippen LogP contribution in [0.25, 0.3) is 0 Å². The molecule has 2 aliphatic rings. The summed E-state index contributed by atoms with van der Waals surface area (Å²) >= 11 is 3.35. The maximum absolute atomic E-state index is 14.8. The Morgan fingerprint density at radius 2 is 1.89 bits per heavy atom. The molecule has 0 saturated heterocycles. The van der Waals surface area contributed by atoms with Crippen molar-refractivity contribution in [1.29, 1.82) is 0 Å². The predicted molar refractivity (Wildman–Crippen MR) is 122 cm³/mol. The van der Waals surface area contributed by atoms with Crippen LogP contribution in [0.15, 0.2) is 30.7 Å². The van der Waals surface area contributed by atoms with Crippen LogP contribution in [0.2, 0.25) is 0 Å². The molecule has 1 fully saturated rings. The highest BCUT2D eigenvalue weighted by atomic mass is 79.9. The molecular weight excluding hydrogens is 536 g/mol. The summed E-state index contributed by atoms with van der Waals surface area (Å²) in [5.74, 6) is -1.08. The van der Waals surface area contributed by atoms with Crippen molar-refractivity contribution in [3.8, 4) is 0 Å². The quantitative estimate of drug-likeness (QED) is 0.307. The van der Waals surface area contributed by atoms with Crippen molar-refractivity contribution in [3.05, 3.63) is 64.7 Å². The first-order chi connectivity index (χ1) is 16.7. The van der Waals surface area contributed by atoms with Gasteiger partial charge in [0.05, 0.1) is 28.4 Å². The van der Waals surface area contributed by atoms with Crippen molar-refractivity contribution in [2.24, 2.45) is 0 Å². The Kier molecular flexibility index (Phi) is 7.20. The van der Waals surface area contributed by atoms with Crippen LogP contribution in [-0.4, -0.2) is 28.1 Å². The summed E-state index contributed by atoms with van der Waals surface area (Å²) in [6, 6.07) is 2.97. The lowest BCUT2D eigenvalue weighted by Crippen LogP contribution is -2.40. The number of nitrogens with one attached hydrogen (secondary N) is 2. The second kappa shape index (κ2) is 10.00. The van der Waals surface area contributed by atoms with Gasteiger partial charge in [-0.25, -0.2) is 27.5 Å². The summed E-state index contributed by atoms with van der Waals surface area (Å²) in [5, 5.41) is 5.72. The molecule has 35 heavy (non-hydrogen) atoms. The van der Waals surface area contributed by atoms with Gasteiger partial charge in [0.25, 0.3) is 12.7 Å². The Balaban J connectivity index is 1.70. The van der Waals surface area contributed by atoms with Crippen LogP contribution in [0.5, 0.6) is 0 Å². The van der Waals surface area contributed by atoms with E-state index in [1.807, 2.05) is 0 Å². The maximum Gasteiger partial charge on any atom is 0.271 e. The van der Waals surface area contributed by atoms with E-state index in [1.165, 1.54) is 24.7 Å². The van der Waals surface area contributed by atoms with Gasteiger partial charge in [-0.3, -0.25) is 4.79 Å². The molecule has 0 radical (unpaired) electrons. The Bertz CT molecular complexity index is 1140. The van der Waals surface area contributed by atoms with E-state index in [0.29, 0.717) is 12.8 Å². The van der Waals surface area contributed by atoms with Crippen molar-refractivity contribution >= 4 is 27.7 Å². The summed E-state index contributed by atoms with van der Waals surface area (Å²) in [7, 11) is 0. The molecule has 1 amide bonds. The number of carbonyl (C=O) groups excluding carboxylic acids is 1. The standard InChI is InChI=1S/C23H23BrF4N4O3/c1-11(13-4-3-5-14(17(13)26)19(27)28)29-20-15(22-34-8-9-35-22)18(30-12(2)31-20)16(24)21(33)32-23(10-25)6-7-23/h3-5,8-9,11,16,19,22H,6-7,10H2,1-2H3,(H,32,33)(H,29,30,31)/t11-,16?/m1/s1. The van der Waals surface area contributed by atoms with Crippen LogP contribution in [-0.2, 0) is 14.3 Å². The van der Waals surface area contributed by atoms with E-state index in [0.717, 1.165) is 6.07 Å². The van der Waals surface area contributed by atoms with Gasteiger partial charge in [0.15, 0.2) is 0 Å². The highest BCUT2D eigenvalue weighted by Crippen LogP contribution is 2.41. The molecule has 1 aromatic carbocycles. The molecule has 2 heterocycles. The predicted octanol–water partition coefficient (Wildman–Crippen LogP) is 5.61. The lowest BCUT2D eigenvalue weighted by atomic mass is 10.0. The second-order valence-electron chi connectivity index (χ2n) is 8.48. The highest BCUT2D eigenvalue weighted by Gasteiger charge is 2.46. The number of nitrogens with zero attached hydrogens (tertiary/aromatic N) is 2. The van der Waals surface area contributed by atoms with E-state index in [9.17, 15) is 22.4 Å². The van der Waals surface area contributed by atoms with Crippen molar-refractivity contribution < 1.29 is 31.8 Å². The highest BCUT2D eigenvalue weighted by molar-refractivity contribution is 9.09. The summed E-state index contributed by atoms with van der Waals surface area (Å²) in [6.07, 6.45) is -0.309. The van der Waals surface area contributed by atoms with Crippen LogP contribution >= 0.6 is 15.9 Å². The van der Waals surface area contributed by atoms with Crippen molar-refractivity contribution in [3.63, 3.8) is 0 Å². The van der Waals surface area contributed by atoms with Crippen LogP contribution in [0, 0.1) is 12.7 Å². The molecule has 1 aromatic heterocycles. The molecule has 7 nitrogen and oxygen atoms in total. The molecule has 12 heteroatoms. The van der Waals surface area contributed by atoms with Crippen molar-refractivity contribution in [1.82, 2.24) is 15.3 Å². The lowest BCUT2D eigenvalue weighted by Gasteiger charge is -2.24. The summed E-state index contributed by atoms with van der Waals surface area (Å²) in [5.41, 5.74) is -1.11. The fourth-order valence-corrected chi connectivity index (χ4v) is 4.22. The van der Waals surface area contributed by atoms with E-state index in [4.69, 9.17) is 9.47 Å². The Morgan fingerprint density at radius 3 is 2.49 bits per heavy atom. The zero-order valence-electron chi connectivity index (χ0n) is 18.8. The molecular formula is C23H23BrF4N4O3. The minimum atomic E-state index is -2.97. The molecule has 1 unspecified atom stereocenters. The maximum atomic E-state index is 14.8. The van der Waals surface area contributed by atoms with E-state index in [-0.39, 0.29) is 28.5 Å².